The molecule has 4 nitrogen and oxygen atoms in total. The summed E-state index contributed by atoms with van der Waals surface area (Å²) < 4.78 is 0. The Morgan fingerprint density at radius 2 is 2.17 bits per heavy atom. The zero-order chi connectivity index (χ0) is 16.2. The molecule has 3 N–H and O–H groups in total. The summed E-state index contributed by atoms with van der Waals surface area (Å²) in [6.07, 6.45) is 1.00. The minimum Gasteiger partial charge on any atom is -0.390 e. The molecule has 0 fully saturated rings. The molecule has 3 atom stereocenters. The van der Waals surface area contributed by atoms with Crippen LogP contribution in [0.25, 0.3) is 0 Å². The largest absolute Gasteiger partial charge is 0.390 e. The molecule has 0 spiro atoms. The number of hydrogen-bond acceptors (Lipinski definition) is 3. The summed E-state index contributed by atoms with van der Waals surface area (Å²) in [6.45, 7) is 2.74. The fourth-order valence-electron chi connectivity index (χ4n) is 3.05. The Balaban J connectivity index is 1.50. The highest BCUT2D eigenvalue weighted by atomic mass is 32.1. The fraction of sp³-hybridized carbons (Fsp3) is 0.389. The Bertz CT molecular complexity index is 657. The van der Waals surface area contributed by atoms with Crippen LogP contribution in [0.1, 0.15) is 29.0 Å². The van der Waals surface area contributed by atoms with Crippen molar-refractivity contribution >= 4 is 17.4 Å². The van der Waals surface area contributed by atoms with E-state index in [0.29, 0.717) is 18.9 Å². The van der Waals surface area contributed by atoms with Gasteiger partial charge in [-0.15, -0.1) is 11.3 Å². The number of fused-ring (bicyclic) bond motifs is 1. The molecule has 0 aliphatic heterocycles. The van der Waals surface area contributed by atoms with Gasteiger partial charge in [0.2, 0.25) is 0 Å². The minimum absolute atomic E-state index is 0.219. The molecule has 1 aromatic carbocycles. The SMILES string of the molecule is CC(CNC(=O)N[C@@H]1c2ccccc2C[C@@H]1O)Cc1cccs1. The van der Waals surface area contributed by atoms with Crippen molar-refractivity contribution in [3.63, 3.8) is 0 Å². The summed E-state index contributed by atoms with van der Waals surface area (Å²) in [6, 6.07) is 11.5. The summed E-state index contributed by atoms with van der Waals surface area (Å²) in [5, 5.41) is 18.1. The van der Waals surface area contributed by atoms with Crippen molar-refractivity contribution in [2.24, 2.45) is 5.92 Å². The molecule has 1 aliphatic carbocycles. The van der Waals surface area contributed by atoms with E-state index in [1.54, 1.807) is 11.3 Å². The Hall–Kier alpha value is -1.85. The number of carbonyl (C=O) groups is 1. The molecule has 0 saturated heterocycles. The molecular weight excluding hydrogens is 308 g/mol. The lowest BCUT2D eigenvalue weighted by Gasteiger charge is -2.19. The molecule has 2 amide bonds. The molecule has 0 radical (unpaired) electrons. The third-order valence-electron chi connectivity index (χ3n) is 4.23. The first-order valence-electron chi connectivity index (χ1n) is 7.96. The van der Waals surface area contributed by atoms with Crippen LogP contribution in [0.5, 0.6) is 0 Å². The van der Waals surface area contributed by atoms with Gasteiger partial charge in [0.05, 0.1) is 12.1 Å². The molecule has 1 aliphatic rings. The lowest BCUT2D eigenvalue weighted by atomic mass is 10.1. The van der Waals surface area contributed by atoms with E-state index in [-0.39, 0.29) is 12.1 Å². The summed E-state index contributed by atoms with van der Waals surface area (Å²) in [7, 11) is 0. The van der Waals surface area contributed by atoms with Gasteiger partial charge in [0, 0.05) is 17.8 Å². The second-order valence-corrected chi connectivity index (χ2v) is 7.22. The van der Waals surface area contributed by atoms with Crippen LogP contribution < -0.4 is 10.6 Å². The van der Waals surface area contributed by atoms with Crippen molar-refractivity contribution in [2.75, 3.05) is 6.54 Å². The molecular formula is C18H22N2O2S. The third kappa shape index (κ3) is 3.92. The lowest BCUT2D eigenvalue weighted by Crippen LogP contribution is -2.42. The minimum atomic E-state index is -0.554. The molecule has 122 valence electrons. The Kier molecular flexibility index (Phi) is 4.98. The number of thiophene rings is 1. The first-order chi connectivity index (χ1) is 11.1. The Morgan fingerprint density at radius 1 is 1.35 bits per heavy atom. The van der Waals surface area contributed by atoms with E-state index in [1.807, 2.05) is 30.3 Å². The second-order valence-electron chi connectivity index (χ2n) is 6.19. The molecule has 3 rings (SSSR count). The van der Waals surface area contributed by atoms with Gasteiger partial charge in [-0.25, -0.2) is 4.79 Å². The quantitative estimate of drug-likeness (QED) is 0.789. The van der Waals surface area contributed by atoms with E-state index in [2.05, 4.69) is 29.0 Å². The highest BCUT2D eigenvalue weighted by Crippen LogP contribution is 2.31. The van der Waals surface area contributed by atoms with Gasteiger partial charge in [-0.1, -0.05) is 37.3 Å². The van der Waals surface area contributed by atoms with Crippen LogP contribution in [0.2, 0.25) is 0 Å². The first kappa shape index (κ1) is 16.0. The van der Waals surface area contributed by atoms with E-state index in [4.69, 9.17) is 0 Å². The van der Waals surface area contributed by atoms with Crippen LogP contribution in [-0.4, -0.2) is 23.8 Å². The van der Waals surface area contributed by atoms with Crippen molar-refractivity contribution in [2.45, 2.75) is 31.9 Å². The van der Waals surface area contributed by atoms with Crippen LogP contribution in [0, 0.1) is 5.92 Å². The van der Waals surface area contributed by atoms with E-state index < -0.39 is 6.10 Å². The van der Waals surface area contributed by atoms with Crippen LogP contribution in [0.4, 0.5) is 4.79 Å². The molecule has 2 aromatic rings. The van der Waals surface area contributed by atoms with Gasteiger partial charge in [-0.2, -0.15) is 0 Å². The van der Waals surface area contributed by atoms with Crippen molar-refractivity contribution < 1.29 is 9.90 Å². The highest BCUT2D eigenvalue weighted by molar-refractivity contribution is 7.09. The monoisotopic (exact) mass is 330 g/mol. The highest BCUT2D eigenvalue weighted by Gasteiger charge is 2.31. The number of carbonyl (C=O) groups excluding carboxylic acids is 1. The van der Waals surface area contributed by atoms with Gasteiger partial charge in [-0.3, -0.25) is 0 Å². The van der Waals surface area contributed by atoms with Gasteiger partial charge in [-0.05, 0) is 34.9 Å². The molecule has 1 heterocycles. The number of aliphatic hydroxyl groups excluding tert-OH is 1. The van der Waals surface area contributed by atoms with Crippen LogP contribution in [0.15, 0.2) is 41.8 Å². The maximum atomic E-state index is 12.1. The number of benzene rings is 1. The summed E-state index contributed by atoms with van der Waals surface area (Å²) in [5.41, 5.74) is 2.12. The maximum Gasteiger partial charge on any atom is 0.315 e. The second kappa shape index (κ2) is 7.15. The average Bonchev–Trinajstić information content (AvgIpc) is 3.14. The van der Waals surface area contributed by atoms with Gasteiger partial charge in [0.15, 0.2) is 0 Å². The zero-order valence-electron chi connectivity index (χ0n) is 13.2. The van der Waals surface area contributed by atoms with Crippen molar-refractivity contribution in [1.82, 2.24) is 10.6 Å². The predicted molar refractivity (Wildman–Crippen MR) is 92.6 cm³/mol. The average molecular weight is 330 g/mol. The van der Waals surface area contributed by atoms with E-state index >= 15 is 0 Å². The normalized spacial score (nSPS) is 20.8. The van der Waals surface area contributed by atoms with Gasteiger partial charge in [0.1, 0.15) is 0 Å². The summed E-state index contributed by atoms with van der Waals surface area (Å²) in [4.78, 5) is 13.5. The van der Waals surface area contributed by atoms with E-state index in [0.717, 1.165) is 17.5 Å². The third-order valence-corrected chi connectivity index (χ3v) is 5.13. The summed E-state index contributed by atoms with van der Waals surface area (Å²) in [5.74, 6) is 0.375. The summed E-state index contributed by atoms with van der Waals surface area (Å²) >= 11 is 1.74. The van der Waals surface area contributed by atoms with Crippen LogP contribution in [0.3, 0.4) is 0 Å². The standard InChI is InChI=1S/C18H22N2O2S/c1-12(9-14-6-4-8-23-14)11-19-18(22)20-17-15-7-3-2-5-13(15)10-16(17)21/h2-8,12,16-17,21H,9-11H2,1H3,(H2,19,20,22)/t12?,16-,17+/m0/s1. The fourth-order valence-corrected chi connectivity index (χ4v) is 3.92. The number of urea groups is 1. The molecule has 0 saturated carbocycles. The smallest absolute Gasteiger partial charge is 0.315 e. The maximum absolute atomic E-state index is 12.1. The molecule has 1 unspecified atom stereocenters. The lowest BCUT2D eigenvalue weighted by molar-refractivity contribution is 0.142. The van der Waals surface area contributed by atoms with Crippen molar-refractivity contribution in [3.05, 3.63) is 57.8 Å². The number of hydrogen-bond donors (Lipinski definition) is 3. The Labute approximate surface area is 140 Å². The molecule has 1 aromatic heterocycles. The molecule has 23 heavy (non-hydrogen) atoms. The Morgan fingerprint density at radius 3 is 2.96 bits per heavy atom. The van der Waals surface area contributed by atoms with E-state index in [9.17, 15) is 9.90 Å². The van der Waals surface area contributed by atoms with Gasteiger partial charge < -0.3 is 15.7 Å². The van der Waals surface area contributed by atoms with Gasteiger partial charge >= 0.3 is 6.03 Å². The number of amides is 2. The zero-order valence-corrected chi connectivity index (χ0v) is 14.0. The number of aliphatic hydroxyl groups is 1. The van der Waals surface area contributed by atoms with Gasteiger partial charge in [0.25, 0.3) is 0 Å². The number of rotatable bonds is 5. The first-order valence-corrected chi connectivity index (χ1v) is 8.84. The van der Waals surface area contributed by atoms with Crippen LogP contribution >= 0.6 is 11.3 Å². The molecule has 5 heteroatoms. The molecule has 0 bridgehead atoms. The van der Waals surface area contributed by atoms with Crippen LogP contribution in [-0.2, 0) is 12.8 Å². The van der Waals surface area contributed by atoms with Crippen molar-refractivity contribution in [3.8, 4) is 0 Å². The van der Waals surface area contributed by atoms with Crippen molar-refractivity contribution in [1.29, 1.82) is 0 Å². The van der Waals surface area contributed by atoms with E-state index in [1.165, 1.54) is 4.88 Å². The number of nitrogens with one attached hydrogen (secondary N) is 2. The topological polar surface area (TPSA) is 61.4 Å². The predicted octanol–water partition coefficient (Wildman–Crippen LogP) is 2.88.